The molecule has 0 aliphatic heterocycles. The van der Waals surface area contributed by atoms with E-state index in [9.17, 15) is 33.2 Å². The van der Waals surface area contributed by atoms with Crippen molar-refractivity contribution in [3.8, 4) is 11.1 Å². The Morgan fingerprint density at radius 2 is 1.92 bits per heavy atom. The monoisotopic (exact) mass is 506 g/mol. The first-order valence-corrected chi connectivity index (χ1v) is 10.9. The summed E-state index contributed by atoms with van der Waals surface area (Å²) in [6.45, 7) is 2.42. The number of aromatic nitrogens is 2. The zero-order chi connectivity index (χ0) is 26.5. The van der Waals surface area contributed by atoms with E-state index in [4.69, 9.17) is 5.73 Å². The number of carbonyl (C=O) groups is 1. The molecular weight excluding hydrogens is 481 g/mol. The second-order valence-corrected chi connectivity index (χ2v) is 8.10. The molecule has 0 saturated heterocycles. The number of alkyl halides is 3. The zero-order valence-corrected chi connectivity index (χ0v) is 19.2. The number of halogens is 3. The van der Waals surface area contributed by atoms with Crippen molar-refractivity contribution < 1.29 is 28.0 Å². The topological polar surface area (TPSA) is 148 Å². The minimum Gasteiger partial charge on any atom is -0.392 e. The van der Waals surface area contributed by atoms with Crippen molar-refractivity contribution in [2.75, 3.05) is 24.1 Å². The Kier molecular flexibility index (Phi) is 8.14. The number of nitrogen functional groups attached to an aromatic ring is 1. The van der Waals surface area contributed by atoms with E-state index in [1.165, 1.54) is 31.2 Å². The van der Waals surface area contributed by atoms with E-state index in [1.54, 1.807) is 17.0 Å². The van der Waals surface area contributed by atoms with Gasteiger partial charge in [0.25, 0.3) is 5.91 Å². The van der Waals surface area contributed by atoms with E-state index in [-0.39, 0.29) is 23.6 Å². The predicted octanol–water partition coefficient (Wildman–Crippen LogP) is 3.67. The van der Waals surface area contributed by atoms with Crippen molar-refractivity contribution in [1.82, 2.24) is 14.9 Å². The molecule has 0 aliphatic rings. The molecule has 0 aliphatic carbocycles. The van der Waals surface area contributed by atoms with Gasteiger partial charge in [0.15, 0.2) is 0 Å². The molecule has 0 radical (unpaired) electrons. The Morgan fingerprint density at radius 1 is 1.22 bits per heavy atom. The van der Waals surface area contributed by atoms with Crippen molar-refractivity contribution in [2.45, 2.75) is 32.2 Å². The molecule has 0 saturated carbocycles. The van der Waals surface area contributed by atoms with Crippen LogP contribution >= 0.6 is 0 Å². The van der Waals surface area contributed by atoms with E-state index in [0.29, 0.717) is 36.5 Å². The van der Waals surface area contributed by atoms with Crippen LogP contribution in [0.2, 0.25) is 0 Å². The molecular formula is C23H25F3N6O4. The summed E-state index contributed by atoms with van der Waals surface area (Å²) in [6, 6.07) is 7.22. The van der Waals surface area contributed by atoms with Crippen LogP contribution in [0.3, 0.4) is 0 Å². The molecule has 5 N–H and O–H groups in total. The maximum Gasteiger partial charge on any atom is 0.416 e. The molecule has 0 bridgehead atoms. The highest BCUT2D eigenvalue weighted by Crippen LogP contribution is 2.32. The summed E-state index contributed by atoms with van der Waals surface area (Å²) in [5.74, 6) is -0.299. The molecule has 0 fully saturated rings. The van der Waals surface area contributed by atoms with Crippen molar-refractivity contribution in [2.24, 2.45) is 0 Å². The largest absolute Gasteiger partial charge is 0.416 e. The highest BCUT2D eigenvalue weighted by atomic mass is 19.4. The Labute approximate surface area is 204 Å². The number of benzene rings is 1. The summed E-state index contributed by atoms with van der Waals surface area (Å²) >= 11 is 0. The second kappa shape index (κ2) is 11.1. The summed E-state index contributed by atoms with van der Waals surface area (Å²) in [5.41, 5.74) is 5.65. The van der Waals surface area contributed by atoms with Crippen molar-refractivity contribution in [3.63, 3.8) is 0 Å². The average molecular weight is 506 g/mol. The van der Waals surface area contributed by atoms with Gasteiger partial charge in [-0.15, -0.1) is 0 Å². The Morgan fingerprint density at radius 3 is 2.50 bits per heavy atom. The van der Waals surface area contributed by atoms with Crippen LogP contribution in [0.25, 0.3) is 11.1 Å². The molecule has 13 heteroatoms. The van der Waals surface area contributed by atoms with E-state index < -0.39 is 28.7 Å². The first kappa shape index (κ1) is 26.5. The minimum atomic E-state index is -4.47. The summed E-state index contributed by atoms with van der Waals surface area (Å²) in [6.07, 6.45) is -1.42. The number of anilines is 2. The number of nitrogens with zero attached hydrogens (tertiary/aromatic N) is 3. The molecule has 192 valence electrons. The fourth-order valence-corrected chi connectivity index (χ4v) is 3.42. The van der Waals surface area contributed by atoms with Crippen LogP contribution < -0.4 is 16.4 Å². The van der Waals surface area contributed by atoms with E-state index >= 15 is 0 Å². The van der Waals surface area contributed by atoms with E-state index in [2.05, 4.69) is 15.6 Å². The number of nitrogens with two attached hydrogens (primary N) is 1. The number of hydrogen-bond acceptors (Lipinski definition) is 7. The van der Waals surface area contributed by atoms with Crippen LogP contribution in [0, 0.1) is 10.1 Å². The van der Waals surface area contributed by atoms with Crippen LogP contribution in [-0.4, -0.2) is 44.7 Å². The Hall–Kier alpha value is -4.13. The molecule has 36 heavy (non-hydrogen) atoms. The molecule has 0 unspecified atom stereocenters. The van der Waals surface area contributed by atoms with Crippen LogP contribution in [0.15, 0.2) is 48.8 Å². The number of nitrogens with one attached hydrogen (secondary N) is 2. The van der Waals surface area contributed by atoms with Crippen molar-refractivity contribution >= 4 is 23.2 Å². The third-order valence-corrected chi connectivity index (χ3v) is 5.20. The third-order valence-electron chi connectivity index (χ3n) is 5.20. The van der Waals surface area contributed by atoms with Gasteiger partial charge in [-0.25, -0.2) is 4.98 Å². The lowest BCUT2D eigenvalue weighted by molar-refractivity contribution is -0.384. The lowest BCUT2D eigenvalue weighted by atomic mass is 10.0. The molecule has 1 amide bonds. The smallest absolute Gasteiger partial charge is 0.392 e. The van der Waals surface area contributed by atoms with Crippen LogP contribution in [0.5, 0.6) is 0 Å². The highest BCUT2D eigenvalue weighted by Gasteiger charge is 2.30. The number of pyridine rings is 1. The highest BCUT2D eigenvalue weighted by molar-refractivity contribution is 6.00. The van der Waals surface area contributed by atoms with E-state index in [0.717, 1.165) is 12.1 Å². The molecule has 2 aromatic heterocycles. The lowest BCUT2D eigenvalue weighted by Crippen LogP contribution is -2.30. The summed E-state index contributed by atoms with van der Waals surface area (Å²) in [7, 11) is 0. The Balaban J connectivity index is 1.73. The SMILES string of the molecule is C[C@H](O)CNC(=O)c1cn(CCCNc2ccc([N+](=O)[O-])c(N)n2)cc1-c1ccc(C(F)(F)F)cc1. The summed E-state index contributed by atoms with van der Waals surface area (Å²) in [5, 5.41) is 25.9. The normalized spacial score (nSPS) is 12.2. The van der Waals surface area contributed by atoms with Gasteiger partial charge in [0.1, 0.15) is 5.82 Å². The molecule has 0 spiro atoms. The maximum atomic E-state index is 12.9. The first-order valence-electron chi connectivity index (χ1n) is 10.9. The standard InChI is InChI=1S/C23H25F3N6O4/c1-14(33)11-29-22(34)18-13-31(12-17(18)15-3-5-16(6-4-15)23(24,25)26)10-2-9-28-20-8-7-19(32(35)36)21(27)30-20/h3-8,12-14,33H,2,9-11H2,1H3,(H,29,34)(H3,27,28,30)/t14-/m0/s1. The van der Waals surface area contributed by atoms with Gasteiger partial charge in [-0.1, -0.05) is 12.1 Å². The number of nitro groups is 1. The van der Waals surface area contributed by atoms with Gasteiger partial charge in [-0.3, -0.25) is 14.9 Å². The minimum absolute atomic E-state index is 0.0196. The molecule has 10 nitrogen and oxygen atoms in total. The number of amides is 1. The Bertz CT molecular complexity index is 1230. The van der Waals surface area contributed by atoms with Crippen LogP contribution in [0.1, 0.15) is 29.3 Å². The molecule has 1 atom stereocenters. The third kappa shape index (κ3) is 6.72. The number of aliphatic hydroxyl groups is 1. The average Bonchev–Trinajstić information content (AvgIpc) is 3.24. The second-order valence-electron chi connectivity index (χ2n) is 8.10. The van der Waals surface area contributed by atoms with Gasteiger partial charge < -0.3 is 26.0 Å². The van der Waals surface area contributed by atoms with Gasteiger partial charge >= 0.3 is 11.9 Å². The quantitative estimate of drug-likeness (QED) is 0.186. The van der Waals surface area contributed by atoms with Crippen molar-refractivity contribution in [1.29, 1.82) is 0 Å². The van der Waals surface area contributed by atoms with Gasteiger partial charge in [0.2, 0.25) is 5.82 Å². The number of hydrogen-bond donors (Lipinski definition) is 4. The van der Waals surface area contributed by atoms with Gasteiger partial charge in [0.05, 0.1) is 22.2 Å². The first-order chi connectivity index (χ1) is 17.0. The number of aliphatic hydroxyl groups excluding tert-OH is 1. The fraction of sp³-hybridized carbons (Fsp3) is 0.304. The number of rotatable bonds is 10. The van der Waals surface area contributed by atoms with Gasteiger partial charge in [-0.05, 0) is 37.1 Å². The fourth-order valence-electron chi connectivity index (χ4n) is 3.42. The molecule has 1 aromatic carbocycles. The zero-order valence-electron chi connectivity index (χ0n) is 19.2. The molecule has 3 rings (SSSR count). The van der Waals surface area contributed by atoms with Crippen molar-refractivity contribution in [3.05, 3.63) is 70.0 Å². The molecule has 2 heterocycles. The predicted molar refractivity (Wildman–Crippen MR) is 127 cm³/mol. The number of carbonyl (C=O) groups excluding carboxylic acids is 1. The lowest BCUT2D eigenvalue weighted by Gasteiger charge is -2.09. The molecule has 3 aromatic rings. The van der Waals surface area contributed by atoms with Gasteiger partial charge in [-0.2, -0.15) is 13.2 Å². The van der Waals surface area contributed by atoms with Crippen LogP contribution in [0.4, 0.5) is 30.5 Å². The summed E-state index contributed by atoms with van der Waals surface area (Å²) in [4.78, 5) is 26.9. The van der Waals surface area contributed by atoms with Crippen LogP contribution in [-0.2, 0) is 12.7 Å². The number of aryl methyl sites for hydroxylation is 1. The van der Waals surface area contributed by atoms with E-state index in [1.807, 2.05) is 0 Å². The summed E-state index contributed by atoms with van der Waals surface area (Å²) < 4.78 is 40.6. The van der Waals surface area contributed by atoms with Gasteiger partial charge in [0, 0.05) is 43.7 Å². The maximum absolute atomic E-state index is 12.9.